The number of carbonyl (C=O) groups excluding carboxylic acids is 1. The molecule has 0 aliphatic rings. The van der Waals surface area contributed by atoms with Crippen LogP contribution in [0.25, 0.3) is 0 Å². The maximum atomic E-state index is 11.8. The van der Waals surface area contributed by atoms with E-state index in [0.717, 1.165) is 5.56 Å². The highest BCUT2D eigenvalue weighted by Crippen LogP contribution is 2.13. The van der Waals surface area contributed by atoms with E-state index in [2.05, 4.69) is 15.6 Å². The van der Waals surface area contributed by atoms with Crippen LogP contribution in [0.2, 0.25) is 0 Å². The topological polar surface area (TPSA) is 97.1 Å². The molecule has 0 radical (unpaired) electrons. The predicted molar refractivity (Wildman–Crippen MR) is 67.9 cm³/mol. The first-order chi connectivity index (χ1) is 9.06. The zero-order valence-corrected chi connectivity index (χ0v) is 11.0. The first-order valence-corrected chi connectivity index (χ1v) is 6.42. The van der Waals surface area contributed by atoms with Crippen LogP contribution in [0.3, 0.4) is 0 Å². The second-order valence-corrected chi connectivity index (χ2v) is 4.70. The van der Waals surface area contributed by atoms with Gasteiger partial charge in [0.1, 0.15) is 12.2 Å². The lowest BCUT2D eigenvalue weighted by atomic mass is 10.2. The van der Waals surface area contributed by atoms with Gasteiger partial charge in [-0.15, -0.1) is 5.10 Å². The van der Waals surface area contributed by atoms with Crippen molar-refractivity contribution in [1.82, 2.24) is 20.3 Å². The molecule has 2 aromatic rings. The summed E-state index contributed by atoms with van der Waals surface area (Å²) in [5, 5.41) is 22.4. The van der Waals surface area contributed by atoms with Crippen molar-refractivity contribution >= 4 is 23.2 Å². The van der Waals surface area contributed by atoms with E-state index in [-0.39, 0.29) is 19.0 Å². The average Bonchev–Trinajstić information content (AvgIpc) is 2.94. The van der Waals surface area contributed by atoms with Gasteiger partial charge in [-0.25, -0.2) is 4.68 Å². The molecule has 2 aromatic heterocycles. The Kier molecular flexibility index (Phi) is 3.91. The molecule has 0 aliphatic carbocycles. The summed E-state index contributed by atoms with van der Waals surface area (Å²) >= 11 is 1.47. The van der Waals surface area contributed by atoms with Gasteiger partial charge in [0.05, 0.1) is 18.3 Å². The lowest BCUT2D eigenvalue weighted by molar-refractivity contribution is -0.137. The molecule has 2 rings (SSSR count). The van der Waals surface area contributed by atoms with Crippen molar-refractivity contribution in [2.24, 2.45) is 0 Å². The van der Waals surface area contributed by atoms with Crippen LogP contribution >= 0.6 is 11.3 Å². The van der Waals surface area contributed by atoms with Crippen LogP contribution in [0.1, 0.15) is 21.6 Å². The number of aryl methyl sites for hydroxylation is 1. The Labute approximate surface area is 112 Å². The zero-order valence-electron chi connectivity index (χ0n) is 10.2. The second-order valence-electron chi connectivity index (χ2n) is 3.95. The largest absolute Gasteiger partial charge is 0.480 e. The lowest BCUT2D eigenvalue weighted by Gasteiger charge is -2.01. The van der Waals surface area contributed by atoms with E-state index < -0.39 is 5.97 Å². The maximum Gasteiger partial charge on any atom is 0.325 e. The van der Waals surface area contributed by atoms with E-state index in [1.807, 2.05) is 12.3 Å². The Morgan fingerprint density at radius 1 is 1.47 bits per heavy atom. The first kappa shape index (κ1) is 13.2. The number of amides is 1. The van der Waals surface area contributed by atoms with E-state index in [1.165, 1.54) is 22.2 Å². The number of carboxylic acids is 1. The monoisotopic (exact) mass is 280 g/mol. The SMILES string of the molecule is Cc1cscc1C(=O)NCc1cn(CC(=O)O)nn1. The van der Waals surface area contributed by atoms with Gasteiger partial charge in [-0.2, -0.15) is 11.3 Å². The number of aromatic nitrogens is 3. The smallest absolute Gasteiger partial charge is 0.325 e. The number of hydrogen-bond acceptors (Lipinski definition) is 5. The Hall–Kier alpha value is -2.22. The number of rotatable bonds is 5. The Bertz CT molecular complexity index is 605. The van der Waals surface area contributed by atoms with Crippen molar-refractivity contribution in [1.29, 1.82) is 0 Å². The summed E-state index contributed by atoms with van der Waals surface area (Å²) in [6.45, 7) is 1.84. The Balaban J connectivity index is 1.92. The summed E-state index contributed by atoms with van der Waals surface area (Å²) in [5.41, 5.74) is 2.09. The molecule has 0 fully saturated rings. The molecule has 7 nitrogen and oxygen atoms in total. The van der Waals surface area contributed by atoms with Gasteiger partial charge in [-0.3, -0.25) is 9.59 Å². The van der Waals surface area contributed by atoms with Gasteiger partial charge < -0.3 is 10.4 Å². The molecule has 100 valence electrons. The molecule has 0 unspecified atom stereocenters. The number of thiophene rings is 1. The number of nitrogens with zero attached hydrogens (tertiary/aromatic N) is 3. The third kappa shape index (κ3) is 3.38. The highest BCUT2D eigenvalue weighted by atomic mass is 32.1. The third-order valence-electron chi connectivity index (χ3n) is 2.41. The van der Waals surface area contributed by atoms with Crippen molar-refractivity contribution in [2.45, 2.75) is 20.0 Å². The van der Waals surface area contributed by atoms with E-state index in [0.29, 0.717) is 11.3 Å². The highest BCUT2D eigenvalue weighted by Gasteiger charge is 2.10. The van der Waals surface area contributed by atoms with Crippen LogP contribution < -0.4 is 5.32 Å². The number of nitrogens with one attached hydrogen (secondary N) is 1. The minimum atomic E-state index is -0.991. The van der Waals surface area contributed by atoms with Crippen LogP contribution in [0, 0.1) is 6.92 Å². The summed E-state index contributed by atoms with van der Waals surface area (Å²) in [6, 6.07) is 0. The molecule has 2 heterocycles. The van der Waals surface area contributed by atoms with E-state index in [1.54, 1.807) is 5.38 Å². The highest BCUT2D eigenvalue weighted by molar-refractivity contribution is 7.08. The van der Waals surface area contributed by atoms with Gasteiger partial charge >= 0.3 is 5.97 Å². The second kappa shape index (κ2) is 5.61. The molecule has 0 aliphatic heterocycles. The van der Waals surface area contributed by atoms with E-state index in [9.17, 15) is 9.59 Å². The molecule has 0 atom stereocenters. The molecule has 19 heavy (non-hydrogen) atoms. The van der Waals surface area contributed by atoms with Crippen LogP contribution in [-0.2, 0) is 17.9 Å². The minimum Gasteiger partial charge on any atom is -0.480 e. The van der Waals surface area contributed by atoms with Crippen molar-refractivity contribution in [3.8, 4) is 0 Å². The van der Waals surface area contributed by atoms with Gasteiger partial charge in [0.25, 0.3) is 5.91 Å². The molecule has 1 amide bonds. The summed E-state index contributed by atoms with van der Waals surface area (Å²) < 4.78 is 1.21. The Morgan fingerprint density at radius 2 is 2.26 bits per heavy atom. The van der Waals surface area contributed by atoms with Crippen molar-refractivity contribution in [2.75, 3.05) is 0 Å². The summed E-state index contributed by atoms with van der Waals surface area (Å²) in [5.74, 6) is -1.17. The fraction of sp³-hybridized carbons (Fsp3) is 0.273. The third-order valence-corrected chi connectivity index (χ3v) is 3.28. The fourth-order valence-corrected chi connectivity index (χ4v) is 2.32. The van der Waals surface area contributed by atoms with E-state index >= 15 is 0 Å². The van der Waals surface area contributed by atoms with Crippen LogP contribution in [0.15, 0.2) is 17.0 Å². The van der Waals surface area contributed by atoms with Crippen LogP contribution in [0.4, 0.5) is 0 Å². The molecule has 8 heteroatoms. The molecule has 0 spiro atoms. The number of hydrogen-bond donors (Lipinski definition) is 2. The standard InChI is InChI=1S/C11H12N4O3S/c1-7-5-19-6-9(7)11(18)12-2-8-3-15(14-13-8)4-10(16)17/h3,5-6H,2,4H2,1H3,(H,12,18)(H,16,17). The van der Waals surface area contributed by atoms with Crippen LogP contribution in [-0.4, -0.2) is 32.0 Å². The van der Waals surface area contributed by atoms with E-state index in [4.69, 9.17) is 5.11 Å². The number of aliphatic carboxylic acids is 1. The Morgan fingerprint density at radius 3 is 2.89 bits per heavy atom. The predicted octanol–water partition coefficient (Wildman–Crippen LogP) is 0.663. The van der Waals surface area contributed by atoms with Gasteiger partial charge in [0.2, 0.25) is 0 Å². The average molecular weight is 280 g/mol. The quantitative estimate of drug-likeness (QED) is 0.838. The molecule has 0 saturated heterocycles. The molecule has 0 bridgehead atoms. The lowest BCUT2D eigenvalue weighted by Crippen LogP contribution is -2.23. The molecule has 0 aromatic carbocycles. The normalized spacial score (nSPS) is 10.4. The molecular formula is C11H12N4O3S. The van der Waals surface area contributed by atoms with Crippen molar-refractivity contribution < 1.29 is 14.7 Å². The summed E-state index contributed by atoms with van der Waals surface area (Å²) in [7, 11) is 0. The minimum absolute atomic E-state index is 0.175. The van der Waals surface area contributed by atoms with Gasteiger partial charge in [0.15, 0.2) is 0 Å². The number of carboxylic acid groups (broad SMARTS) is 1. The van der Waals surface area contributed by atoms with Crippen LogP contribution in [0.5, 0.6) is 0 Å². The summed E-state index contributed by atoms with van der Waals surface area (Å²) in [4.78, 5) is 22.3. The fourth-order valence-electron chi connectivity index (χ4n) is 1.49. The van der Waals surface area contributed by atoms with Gasteiger partial charge in [-0.1, -0.05) is 5.21 Å². The molecule has 2 N–H and O–H groups in total. The first-order valence-electron chi connectivity index (χ1n) is 5.48. The summed E-state index contributed by atoms with van der Waals surface area (Å²) in [6.07, 6.45) is 1.49. The molecule has 0 saturated carbocycles. The maximum absolute atomic E-state index is 11.8. The molecular weight excluding hydrogens is 268 g/mol. The zero-order chi connectivity index (χ0) is 13.8. The van der Waals surface area contributed by atoms with Crippen molar-refractivity contribution in [3.05, 3.63) is 33.8 Å². The van der Waals surface area contributed by atoms with Gasteiger partial charge in [-0.05, 0) is 17.9 Å². The van der Waals surface area contributed by atoms with Crippen molar-refractivity contribution in [3.63, 3.8) is 0 Å². The number of carbonyl (C=O) groups is 2. The van der Waals surface area contributed by atoms with Gasteiger partial charge in [0, 0.05) is 5.38 Å².